The third-order valence-electron chi connectivity index (χ3n) is 4.48. The number of nitrogens with one attached hydrogen (secondary N) is 1. The van der Waals surface area contributed by atoms with Crippen molar-refractivity contribution in [3.8, 4) is 0 Å². The number of rotatable bonds is 6. The van der Waals surface area contributed by atoms with Crippen molar-refractivity contribution in [1.82, 2.24) is 5.32 Å². The Balaban J connectivity index is 1.68. The molecule has 1 aliphatic carbocycles. The van der Waals surface area contributed by atoms with Crippen LogP contribution >= 0.6 is 0 Å². The Morgan fingerprint density at radius 2 is 2.06 bits per heavy atom. The van der Waals surface area contributed by atoms with E-state index in [1.165, 1.54) is 32.1 Å². The second-order valence-corrected chi connectivity index (χ2v) is 5.91. The van der Waals surface area contributed by atoms with Gasteiger partial charge in [0.2, 0.25) is 0 Å². The molecule has 0 aromatic heterocycles. The van der Waals surface area contributed by atoms with Crippen molar-refractivity contribution in [2.24, 2.45) is 11.3 Å². The van der Waals surface area contributed by atoms with Crippen molar-refractivity contribution >= 4 is 0 Å². The maximum atomic E-state index is 9.16. The van der Waals surface area contributed by atoms with Crippen molar-refractivity contribution in [1.29, 1.82) is 0 Å². The van der Waals surface area contributed by atoms with Crippen LogP contribution in [0.3, 0.4) is 0 Å². The molecule has 0 spiro atoms. The van der Waals surface area contributed by atoms with Gasteiger partial charge in [-0.25, -0.2) is 0 Å². The molecular weight excluding hydrogens is 214 g/mol. The monoisotopic (exact) mass is 241 g/mol. The second-order valence-electron chi connectivity index (χ2n) is 5.91. The van der Waals surface area contributed by atoms with E-state index in [0.717, 1.165) is 45.1 Å². The maximum Gasteiger partial charge on any atom is 0.0536 e. The quantitative estimate of drug-likeness (QED) is 0.747. The molecule has 1 atom stereocenters. The first-order valence-corrected chi connectivity index (χ1v) is 7.24. The molecule has 2 rings (SSSR count). The minimum absolute atomic E-state index is 0.212. The molecule has 1 saturated heterocycles. The molecule has 0 aromatic carbocycles. The summed E-state index contributed by atoms with van der Waals surface area (Å²) in [6.45, 7) is 4.15. The smallest absolute Gasteiger partial charge is 0.0536 e. The molecular formula is C14H27NO2. The summed E-state index contributed by atoms with van der Waals surface area (Å²) in [7, 11) is 0. The highest BCUT2D eigenvalue weighted by atomic mass is 16.5. The lowest BCUT2D eigenvalue weighted by molar-refractivity contribution is 0.123. The number of ether oxygens (including phenoxy) is 1. The van der Waals surface area contributed by atoms with E-state index in [4.69, 9.17) is 9.84 Å². The zero-order valence-electron chi connectivity index (χ0n) is 10.9. The number of aliphatic hydroxyl groups excluding tert-OH is 1. The summed E-state index contributed by atoms with van der Waals surface area (Å²) in [5.74, 6) is 0.886. The highest BCUT2D eigenvalue weighted by Crippen LogP contribution is 2.31. The van der Waals surface area contributed by atoms with Crippen LogP contribution in [0.2, 0.25) is 0 Å². The van der Waals surface area contributed by atoms with Gasteiger partial charge in [0.05, 0.1) is 6.61 Å². The van der Waals surface area contributed by atoms with E-state index in [1.54, 1.807) is 0 Å². The van der Waals surface area contributed by atoms with E-state index in [9.17, 15) is 0 Å². The van der Waals surface area contributed by atoms with Gasteiger partial charge in [0.1, 0.15) is 0 Å². The predicted molar refractivity (Wildman–Crippen MR) is 69.0 cm³/mol. The van der Waals surface area contributed by atoms with Crippen LogP contribution < -0.4 is 5.32 Å². The van der Waals surface area contributed by atoms with Crippen LogP contribution in [0, 0.1) is 11.3 Å². The first kappa shape index (κ1) is 13.3. The fourth-order valence-corrected chi connectivity index (χ4v) is 3.24. The summed E-state index contributed by atoms with van der Waals surface area (Å²) in [5.41, 5.74) is 0.212. The van der Waals surface area contributed by atoms with E-state index in [-0.39, 0.29) is 12.0 Å². The Kier molecular flexibility index (Phi) is 5.26. The van der Waals surface area contributed by atoms with Crippen molar-refractivity contribution in [2.45, 2.75) is 44.9 Å². The standard InChI is InChI=1S/C14H27NO2/c16-8-6-14(7-9-17-12-14)11-15-10-13-4-2-1-3-5-13/h13,15-16H,1-12H2. The van der Waals surface area contributed by atoms with E-state index >= 15 is 0 Å². The summed E-state index contributed by atoms with van der Waals surface area (Å²) >= 11 is 0. The maximum absolute atomic E-state index is 9.16. The van der Waals surface area contributed by atoms with E-state index in [2.05, 4.69) is 5.32 Å². The van der Waals surface area contributed by atoms with E-state index < -0.39 is 0 Å². The Hall–Kier alpha value is -0.120. The molecule has 17 heavy (non-hydrogen) atoms. The molecule has 0 bridgehead atoms. The van der Waals surface area contributed by atoms with Crippen LogP contribution in [-0.4, -0.2) is 38.0 Å². The van der Waals surface area contributed by atoms with Gasteiger partial charge in [0.25, 0.3) is 0 Å². The molecule has 2 N–H and O–H groups in total. The first-order valence-electron chi connectivity index (χ1n) is 7.24. The van der Waals surface area contributed by atoms with Crippen molar-refractivity contribution in [3.05, 3.63) is 0 Å². The lowest BCUT2D eigenvalue weighted by Crippen LogP contribution is -2.38. The SMILES string of the molecule is OCCC1(CNCC2CCCCC2)CCOC1. The van der Waals surface area contributed by atoms with Gasteiger partial charge in [-0.15, -0.1) is 0 Å². The zero-order valence-corrected chi connectivity index (χ0v) is 10.9. The highest BCUT2D eigenvalue weighted by Gasteiger charge is 2.34. The molecule has 1 unspecified atom stereocenters. The van der Waals surface area contributed by atoms with Crippen LogP contribution in [0.15, 0.2) is 0 Å². The molecule has 1 saturated carbocycles. The Labute approximate surface area is 105 Å². The van der Waals surface area contributed by atoms with Gasteiger partial charge >= 0.3 is 0 Å². The molecule has 1 heterocycles. The summed E-state index contributed by atoms with van der Waals surface area (Å²) in [5, 5.41) is 12.8. The molecule has 0 radical (unpaired) electrons. The minimum atomic E-state index is 0.212. The fourth-order valence-electron chi connectivity index (χ4n) is 3.24. The molecule has 0 aromatic rings. The molecule has 100 valence electrons. The molecule has 3 heteroatoms. The number of hydrogen-bond donors (Lipinski definition) is 2. The van der Waals surface area contributed by atoms with Crippen molar-refractivity contribution < 1.29 is 9.84 Å². The third-order valence-corrected chi connectivity index (χ3v) is 4.48. The molecule has 1 aliphatic heterocycles. The van der Waals surface area contributed by atoms with Crippen LogP contribution in [-0.2, 0) is 4.74 Å². The van der Waals surface area contributed by atoms with Gasteiger partial charge in [0.15, 0.2) is 0 Å². The Morgan fingerprint density at radius 3 is 2.71 bits per heavy atom. The Bertz CT molecular complexity index is 208. The molecule has 2 aliphatic rings. The van der Waals surface area contributed by atoms with Crippen LogP contribution in [0.1, 0.15) is 44.9 Å². The van der Waals surface area contributed by atoms with E-state index in [1.807, 2.05) is 0 Å². The van der Waals surface area contributed by atoms with E-state index in [0.29, 0.717) is 0 Å². The largest absolute Gasteiger partial charge is 0.396 e. The summed E-state index contributed by atoms with van der Waals surface area (Å²) in [6.07, 6.45) is 9.04. The summed E-state index contributed by atoms with van der Waals surface area (Å²) in [6, 6.07) is 0. The number of hydrogen-bond acceptors (Lipinski definition) is 3. The Morgan fingerprint density at radius 1 is 1.24 bits per heavy atom. The van der Waals surface area contributed by atoms with Gasteiger partial charge in [0, 0.05) is 25.2 Å². The molecule has 0 amide bonds. The molecule has 2 fully saturated rings. The van der Waals surface area contributed by atoms with Crippen LogP contribution in [0.4, 0.5) is 0 Å². The van der Waals surface area contributed by atoms with Gasteiger partial charge in [-0.1, -0.05) is 19.3 Å². The average Bonchev–Trinajstić information content (AvgIpc) is 2.80. The molecule has 3 nitrogen and oxygen atoms in total. The van der Waals surface area contributed by atoms with Gasteiger partial charge < -0.3 is 15.2 Å². The van der Waals surface area contributed by atoms with Gasteiger partial charge in [-0.2, -0.15) is 0 Å². The predicted octanol–water partition coefficient (Wildman–Crippen LogP) is 1.95. The lowest BCUT2D eigenvalue weighted by atomic mass is 9.83. The van der Waals surface area contributed by atoms with Crippen LogP contribution in [0.25, 0.3) is 0 Å². The topological polar surface area (TPSA) is 41.5 Å². The minimum Gasteiger partial charge on any atom is -0.396 e. The second kappa shape index (κ2) is 6.72. The van der Waals surface area contributed by atoms with Crippen molar-refractivity contribution in [3.63, 3.8) is 0 Å². The normalized spacial score (nSPS) is 30.9. The van der Waals surface area contributed by atoms with Gasteiger partial charge in [-0.3, -0.25) is 0 Å². The fraction of sp³-hybridized carbons (Fsp3) is 1.00. The number of aliphatic hydroxyl groups is 1. The van der Waals surface area contributed by atoms with Gasteiger partial charge in [-0.05, 0) is 38.1 Å². The highest BCUT2D eigenvalue weighted by molar-refractivity contribution is 4.85. The third kappa shape index (κ3) is 3.94. The average molecular weight is 241 g/mol. The first-order chi connectivity index (χ1) is 8.35. The van der Waals surface area contributed by atoms with Crippen LogP contribution in [0.5, 0.6) is 0 Å². The summed E-state index contributed by atoms with van der Waals surface area (Å²) < 4.78 is 5.50. The summed E-state index contributed by atoms with van der Waals surface area (Å²) in [4.78, 5) is 0. The lowest BCUT2D eigenvalue weighted by Gasteiger charge is -2.29. The zero-order chi connectivity index (χ0) is 12.0. The van der Waals surface area contributed by atoms with Crippen molar-refractivity contribution in [2.75, 3.05) is 32.9 Å².